The highest BCUT2D eigenvalue weighted by molar-refractivity contribution is 5.37. The summed E-state index contributed by atoms with van der Waals surface area (Å²) in [5.74, 6) is 0.219. The molecule has 0 saturated carbocycles. The van der Waals surface area contributed by atoms with Gasteiger partial charge >= 0.3 is 0 Å². The topological polar surface area (TPSA) is 42.4 Å². The minimum absolute atomic E-state index is 0.372. The Labute approximate surface area is 118 Å². The van der Waals surface area contributed by atoms with E-state index in [1.807, 2.05) is 13.8 Å². The number of pyridine rings is 1. The van der Waals surface area contributed by atoms with Gasteiger partial charge in [-0.2, -0.15) is 0 Å². The molecule has 0 radical (unpaired) electrons. The van der Waals surface area contributed by atoms with E-state index < -0.39 is 5.60 Å². The molecule has 4 heteroatoms. The molecule has 0 aliphatic heterocycles. The molecule has 1 aromatic heterocycles. The molecule has 2 rings (SSSR count). The van der Waals surface area contributed by atoms with Gasteiger partial charge < -0.3 is 9.84 Å². The van der Waals surface area contributed by atoms with Crippen LogP contribution >= 0.6 is 0 Å². The molecule has 20 heavy (non-hydrogen) atoms. The van der Waals surface area contributed by atoms with Gasteiger partial charge in [0.2, 0.25) is 0 Å². The summed E-state index contributed by atoms with van der Waals surface area (Å²) in [4.78, 5) is 4.09. The van der Waals surface area contributed by atoms with Crippen LogP contribution in [0.25, 0.3) is 0 Å². The standard InChI is InChI=1S/C16H18FNO2/c1-3-16(19,12-6-5-7-14(17)8-12)13-9-15(20-4-2)11-18-10-13/h5-11,19H,3-4H2,1-2H3. The molecular formula is C16H18FNO2. The number of rotatable bonds is 5. The number of hydrogen-bond acceptors (Lipinski definition) is 3. The Morgan fingerprint density at radius 3 is 2.65 bits per heavy atom. The van der Waals surface area contributed by atoms with Crippen LogP contribution in [-0.2, 0) is 5.60 Å². The molecular weight excluding hydrogens is 257 g/mol. The van der Waals surface area contributed by atoms with Gasteiger partial charge in [0.25, 0.3) is 0 Å². The molecule has 0 aliphatic carbocycles. The second-order valence-corrected chi connectivity index (χ2v) is 4.57. The zero-order chi connectivity index (χ0) is 14.6. The summed E-state index contributed by atoms with van der Waals surface area (Å²) in [5.41, 5.74) is -0.172. The first kappa shape index (κ1) is 14.5. The molecule has 0 fully saturated rings. The summed E-state index contributed by atoms with van der Waals surface area (Å²) < 4.78 is 18.8. The third kappa shape index (κ3) is 2.80. The van der Waals surface area contributed by atoms with Crippen molar-refractivity contribution in [2.24, 2.45) is 0 Å². The van der Waals surface area contributed by atoms with Gasteiger partial charge in [0, 0.05) is 11.8 Å². The van der Waals surface area contributed by atoms with E-state index in [9.17, 15) is 9.50 Å². The van der Waals surface area contributed by atoms with E-state index in [0.717, 1.165) is 0 Å². The number of ether oxygens (including phenoxy) is 1. The second-order valence-electron chi connectivity index (χ2n) is 4.57. The van der Waals surface area contributed by atoms with Crippen molar-refractivity contribution < 1.29 is 14.2 Å². The first-order chi connectivity index (χ1) is 9.60. The molecule has 1 atom stereocenters. The van der Waals surface area contributed by atoms with Crippen molar-refractivity contribution in [3.05, 3.63) is 59.7 Å². The third-order valence-electron chi connectivity index (χ3n) is 3.32. The summed E-state index contributed by atoms with van der Waals surface area (Å²) in [5, 5.41) is 10.9. The lowest BCUT2D eigenvalue weighted by Crippen LogP contribution is -2.26. The number of nitrogens with zero attached hydrogens (tertiary/aromatic N) is 1. The van der Waals surface area contributed by atoms with Gasteiger partial charge in [0.15, 0.2) is 0 Å². The maximum atomic E-state index is 13.4. The molecule has 3 nitrogen and oxygen atoms in total. The highest BCUT2D eigenvalue weighted by atomic mass is 19.1. The first-order valence-corrected chi connectivity index (χ1v) is 6.67. The summed E-state index contributed by atoms with van der Waals surface area (Å²) in [6, 6.07) is 7.74. The lowest BCUT2D eigenvalue weighted by Gasteiger charge is -2.28. The smallest absolute Gasteiger partial charge is 0.137 e. The van der Waals surface area contributed by atoms with Gasteiger partial charge in [0.05, 0.1) is 12.8 Å². The van der Waals surface area contributed by atoms with Crippen molar-refractivity contribution in [1.29, 1.82) is 0 Å². The Kier molecular flexibility index (Phi) is 4.35. The quantitative estimate of drug-likeness (QED) is 0.910. The molecule has 0 aliphatic rings. The number of hydrogen-bond donors (Lipinski definition) is 1. The monoisotopic (exact) mass is 275 g/mol. The van der Waals surface area contributed by atoms with Crippen LogP contribution in [0.15, 0.2) is 42.7 Å². The van der Waals surface area contributed by atoms with Crippen molar-refractivity contribution in [2.45, 2.75) is 25.9 Å². The summed E-state index contributed by atoms with van der Waals surface area (Å²) in [6.45, 7) is 4.25. The van der Waals surface area contributed by atoms with Gasteiger partial charge in [-0.05, 0) is 37.1 Å². The number of aromatic nitrogens is 1. The fraction of sp³-hybridized carbons (Fsp3) is 0.312. The molecule has 0 saturated heterocycles. The molecule has 0 amide bonds. The molecule has 1 aromatic carbocycles. The van der Waals surface area contributed by atoms with Crippen LogP contribution in [0, 0.1) is 5.82 Å². The fourth-order valence-corrected chi connectivity index (χ4v) is 2.21. The Balaban J connectivity index is 2.47. The molecule has 106 valence electrons. The van der Waals surface area contributed by atoms with Gasteiger partial charge in [-0.1, -0.05) is 19.1 Å². The normalized spacial score (nSPS) is 13.8. The van der Waals surface area contributed by atoms with Crippen molar-refractivity contribution in [3.63, 3.8) is 0 Å². The predicted octanol–water partition coefficient (Wildman–Crippen LogP) is 3.27. The Bertz CT molecular complexity index is 588. The van der Waals surface area contributed by atoms with E-state index in [4.69, 9.17) is 4.74 Å². The first-order valence-electron chi connectivity index (χ1n) is 6.67. The Morgan fingerprint density at radius 2 is 2.00 bits per heavy atom. The minimum atomic E-state index is -1.28. The van der Waals surface area contributed by atoms with E-state index in [2.05, 4.69) is 4.98 Å². The molecule has 0 bridgehead atoms. The van der Waals surface area contributed by atoms with E-state index in [0.29, 0.717) is 29.9 Å². The predicted molar refractivity (Wildman–Crippen MR) is 75.1 cm³/mol. The van der Waals surface area contributed by atoms with E-state index >= 15 is 0 Å². The van der Waals surface area contributed by atoms with Crippen molar-refractivity contribution in [2.75, 3.05) is 6.61 Å². The summed E-state index contributed by atoms with van der Waals surface area (Å²) >= 11 is 0. The van der Waals surface area contributed by atoms with E-state index in [1.165, 1.54) is 12.1 Å². The van der Waals surface area contributed by atoms with Crippen LogP contribution in [-0.4, -0.2) is 16.7 Å². The summed E-state index contributed by atoms with van der Waals surface area (Å²) in [6.07, 6.45) is 3.58. The molecule has 1 unspecified atom stereocenters. The maximum absolute atomic E-state index is 13.4. The van der Waals surface area contributed by atoms with Gasteiger partial charge in [-0.15, -0.1) is 0 Å². The number of aliphatic hydroxyl groups is 1. The van der Waals surface area contributed by atoms with Gasteiger partial charge in [0.1, 0.15) is 17.2 Å². The van der Waals surface area contributed by atoms with E-state index in [1.54, 1.807) is 30.6 Å². The zero-order valence-corrected chi connectivity index (χ0v) is 11.6. The van der Waals surface area contributed by atoms with Crippen molar-refractivity contribution >= 4 is 0 Å². The lowest BCUT2D eigenvalue weighted by molar-refractivity contribution is 0.0755. The molecule has 1 N–H and O–H groups in total. The lowest BCUT2D eigenvalue weighted by atomic mass is 9.85. The average Bonchev–Trinajstić information content (AvgIpc) is 2.47. The van der Waals surface area contributed by atoms with Crippen LogP contribution in [0.4, 0.5) is 4.39 Å². The number of benzene rings is 1. The fourth-order valence-electron chi connectivity index (χ4n) is 2.21. The van der Waals surface area contributed by atoms with Gasteiger partial charge in [-0.3, -0.25) is 4.98 Å². The van der Waals surface area contributed by atoms with Crippen LogP contribution < -0.4 is 4.74 Å². The van der Waals surface area contributed by atoms with Gasteiger partial charge in [-0.25, -0.2) is 4.39 Å². The van der Waals surface area contributed by atoms with Crippen LogP contribution in [0.5, 0.6) is 5.75 Å². The Morgan fingerprint density at radius 1 is 1.20 bits per heavy atom. The minimum Gasteiger partial charge on any atom is -0.492 e. The average molecular weight is 275 g/mol. The highest BCUT2D eigenvalue weighted by Crippen LogP contribution is 2.34. The molecule has 1 heterocycles. The zero-order valence-electron chi connectivity index (χ0n) is 11.6. The molecule has 2 aromatic rings. The maximum Gasteiger partial charge on any atom is 0.137 e. The van der Waals surface area contributed by atoms with E-state index in [-0.39, 0.29) is 5.82 Å². The highest BCUT2D eigenvalue weighted by Gasteiger charge is 2.30. The second kappa shape index (κ2) is 6.01. The number of halogens is 1. The van der Waals surface area contributed by atoms with Crippen molar-refractivity contribution in [3.8, 4) is 5.75 Å². The van der Waals surface area contributed by atoms with Crippen LogP contribution in [0.1, 0.15) is 31.4 Å². The van der Waals surface area contributed by atoms with Crippen molar-refractivity contribution in [1.82, 2.24) is 4.98 Å². The summed E-state index contributed by atoms with van der Waals surface area (Å²) in [7, 11) is 0. The largest absolute Gasteiger partial charge is 0.492 e. The third-order valence-corrected chi connectivity index (χ3v) is 3.32. The van der Waals surface area contributed by atoms with Crippen LogP contribution in [0.3, 0.4) is 0 Å². The van der Waals surface area contributed by atoms with Crippen LogP contribution in [0.2, 0.25) is 0 Å². The Hall–Kier alpha value is -1.94. The SMILES string of the molecule is CCOc1cncc(C(O)(CC)c2cccc(F)c2)c1. The molecule has 0 spiro atoms.